The first-order valence-corrected chi connectivity index (χ1v) is 10.3. The molecule has 11 heteroatoms. The molecule has 154 valence electrons. The summed E-state index contributed by atoms with van der Waals surface area (Å²) < 4.78 is 61.9. The van der Waals surface area contributed by atoms with Crippen LogP contribution in [0.2, 0.25) is 10.0 Å². The number of quaternary nitrogens is 1. The van der Waals surface area contributed by atoms with Crippen molar-refractivity contribution >= 4 is 40.3 Å². The molecule has 2 aromatic rings. The first-order chi connectivity index (χ1) is 13.7. The highest BCUT2D eigenvalue weighted by molar-refractivity contribution is 7.14. The van der Waals surface area contributed by atoms with Gasteiger partial charge in [0, 0.05) is 5.56 Å². The minimum Gasteiger partial charge on any atom is -0.374 e. The molecule has 0 saturated carbocycles. The van der Waals surface area contributed by atoms with Crippen LogP contribution < -0.4 is 5.32 Å². The topological polar surface area (TPSA) is 47.4 Å². The fourth-order valence-electron chi connectivity index (χ4n) is 3.88. The number of benzene rings is 1. The molecule has 1 atom stereocenters. The molecule has 0 aliphatic carbocycles. The third kappa shape index (κ3) is 2.75. The smallest absolute Gasteiger partial charge is 0.374 e. The quantitative estimate of drug-likeness (QED) is 0.534. The molecule has 4 heterocycles. The van der Waals surface area contributed by atoms with Gasteiger partial charge < -0.3 is 14.9 Å². The van der Waals surface area contributed by atoms with Gasteiger partial charge in [-0.3, -0.25) is 0 Å². The second kappa shape index (κ2) is 6.31. The van der Waals surface area contributed by atoms with Crippen molar-refractivity contribution < 1.29 is 32.5 Å². The van der Waals surface area contributed by atoms with Gasteiger partial charge in [0.2, 0.25) is 5.60 Å². The molecule has 0 amide bonds. The predicted molar refractivity (Wildman–Crippen MR) is 98.8 cm³/mol. The molecular weight excluding hydrogens is 455 g/mol. The summed E-state index contributed by atoms with van der Waals surface area (Å²) in [6, 6.07) is 3.58. The Labute approximate surface area is 176 Å². The number of fused-ring (bicyclic) bond motifs is 2. The first kappa shape index (κ1) is 19.6. The Morgan fingerprint density at radius 1 is 1.14 bits per heavy atom. The van der Waals surface area contributed by atoms with Crippen LogP contribution in [0.3, 0.4) is 0 Å². The minimum absolute atomic E-state index is 0.178. The third-order valence-electron chi connectivity index (χ3n) is 5.60. The van der Waals surface area contributed by atoms with Crippen LogP contribution in [0.4, 0.5) is 17.6 Å². The molecule has 1 saturated heterocycles. The highest BCUT2D eigenvalue weighted by Crippen LogP contribution is 2.51. The van der Waals surface area contributed by atoms with Gasteiger partial charge in [0.25, 0.3) is 5.60 Å². The summed E-state index contributed by atoms with van der Waals surface area (Å²) in [5.74, 6) is -0.981. The van der Waals surface area contributed by atoms with E-state index >= 15 is 0 Å². The van der Waals surface area contributed by atoms with E-state index in [1.54, 1.807) is 0 Å². The zero-order valence-electron chi connectivity index (χ0n) is 14.6. The molecule has 3 aliphatic heterocycles. The van der Waals surface area contributed by atoms with Gasteiger partial charge in [-0.05, 0) is 23.8 Å². The molecule has 3 aliphatic rings. The Bertz CT molecular complexity index is 1030. The molecule has 1 unspecified atom stereocenters. The Morgan fingerprint density at radius 3 is 2.41 bits per heavy atom. The maximum absolute atomic E-state index is 14.1. The van der Waals surface area contributed by atoms with Gasteiger partial charge in [-0.2, -0.15) is 13.2 Å². The lowest BCUT2D eigenvalue weighted by molar-refractivity contribution is -0.747. The number of hydrogen-bond donors (Lipinski definition) is 1. The Kier molecular flexibility index (Phi) is 4.25. The van der Waals surface area contributed by atoms with Crippen LogP contribution >= 0.6 is 34.5 Å². The highest BCUT2D eigenvalue weighted by atomic mass is 35.5. The number of nitrogens with zero attached hydrogens (tertiary/aromatic N) is 1. The van der Waals surface area contributed by atoms with Crippen LogP contribution in [-0.2, 0) is 27.4 Å². The molecule has 2 N–H and O–H groups in total. The van der Waals surface area contributed by atoms with Gasteiger partial charge in [-0.1, -0.05) is 28.4 Å². The predicted octanol–water partition coefficient (Wildman–Crippen LogP) is 4.08. The summed E-state index contributed by atoms with van der Waals surface area (Å²) >= 11 is 12.8. The largest absolute Gasteiger partial charge is 0.435 e. The normalized spacial score (nSPS) is 25.0. The van der Waals surface area contributed by atoms with Crippen LogP contribution in [0.1, 0.15) is 27.3 Å². The van der Waals surface area contributed by atoms with E-state index < -0.39 is 39.6 Å². The van der Waals surface area contributed by atoms with Crippen molar-refractivity contribution in [1.82, 2.24) is 0 Å². The molecule has 1 spiro atoms. The van der Waals surface area contributed by atoms with Crippen molar-refractivity contribution in [2.75, 3.05) is 13.1 Å². The van der Waals surface area contributed by atoms with Gasteiger partial charge in [0.1, 0.15) is 18.8 Å². The summed E-state index contributed by atoms with van der Waals surface area (Å²) in [6.07, 6.45) is -5.38. The molecule has 1 aromatic carbocycles. The Balaban J connectivity index is 1.52. The van der Waals surface area contributed by atoms with E-state index in [0.29, 0.717) is 11.5 Å². The maximum Gasteiger partial charge on any atom is 0.435 e. The van der Waals surface area contributed by atoms with E-state index in [4.69, 9.17) is 32.8 Å². The summed E-state index contributed by atoms with van der Waals surface area (Å²) in [4.78, 5) is 6.64. The van der Waals surface area contributed by atoms with Crippen LogP contribution in [0.5, 0.6) is 0 Å². The lowest BCUT2D eigenvalue weighted by Crippen LogP contribution is -3.01. The van der Waals surface area contributed by atoms with Crippen LogP contribution in [-0.4, -0.2) is 25.0 Å². The average Bonchev–Trinajstić information content (AvgIpc) is 3.29. The van der Waals surface area contributed by atoms with Gasteiger partial charge >= 0.3 is 6.18 Å². The van der Waals surface area contributed by atoms with Crippen molar-refractivity contribution in [2.45, 2.75) is 30.4 Å². The summed E-state index contributed by atoms with van der Waals surface area (Å²) in [5, 5.41) is 4.86. The summed E-state index contributed by atoms with van der Waals surface area (Å²) in [6.45, 7) is 2.02. The van der Waals surface area contributed by atoms with E-state index in [1.165, 1.54) is 11.3 Å². The first-order valence-electron chi connectivity index (χ1n) is 8.71. The minimum atomic E-state index is -4.82. The van der Waals surface area contributed by atoms with Crippen LogP contribution in [0.25, 0.3) is 0 Å². The Morgan fingerprint density at radius 2 is 1.83 bits per heavy atom. The van der Waals surface area contributed by atoms with E-state index in [1.807, 2.05) is 6.07 Å². The third-order valence-corrected chi connectivity index (χ3v) is 7.56. The monoisotopic (exact) mass is 467 g/mol. The van der Waals surface area contributed by atoms with Crippen molar-refractivity contribution in [3.63, 3.8) is 0 Å². The van der Waals surface area contributed by atoms with E-state index in [2.05, 4.69) is 10.5 Å². The Hall–Kier alpha value is -1.39. The number of alkyl halides is 3. The number of thiophene rings is 1. The van der Waals surface area contributed by atoms with Crippen molar-refractivity contribution in [1.29, 1.82) is 0 Å². The zero-order chi connectivity index (χ0) is 20.6. The molecule has 5 rings (SSSR count). The maximum atomic E-state index is 14.1. The fraction of sp³-hybridized carbons (Fsp3) is 0.389. The van der Waals surface area contributed by atoms with Crippen molar-refractivity contribution in [3.05, 3.63) is 54.9 Å². The van der Waals surface area contributed by atoms with Gasteiger partial charge in [-0.25, -0.2) is 4.39 Å². The standard InChI is InChI=1S/C18H12Cl2F4N2O2S/c19-10-2-9(3-11(20)14(10)21)17(18(22,23)24)4-12(26-28-17)13-1-8-5-27-16(6-25-7-16)15(8)29-13/h1-3,25H,4-7H2/p+1. The van der Waals surface area contributed by atoms with Crippen molar-refractivity contribution in [2.24, 2.45) is 5.16 Å². The fourth-order valence-corrected chi connectivity index (χ4v) is 5.68. The molecule has 1 aromatic heterocycles. The second-order valence-corrected chi connectivity index (χ2v) is 9.20. The molecule has 0 bridgehead atoms. The van der Waals surface area contributed by atoms with E-state index in [9.17, 15) is 17.6 Å². The molecular formula is C18H13Cl2F4N2O2S+. The number of halogens is 6. The molecule has 1 fully saturated rings. The number of oxime groups is 1. The number of ether oxygens (including phenoxy) is 1. The van der Waals surface area contributed by atoms with Crippen LogP contribution in [0, 0.1) is 5.82 Å². The van der Waals surface area contributed by atoms with E-state index in [0.717, 1.165) is 35.7 Å². The highest BCUT2D eigenvalue weighted by Gasteiger charge is 2.63. The zero-order valence-corrected chi connectivity index (χ0v) is 16.9. The van der Waals surface area contributed by atoms with Crippen LogP contribution in [0.15, 0.2) is 23.4 Å². The summed E-state index contributed by atoms with van der Waals surface area (Å²) in [5.41, 5.74) is -2.36. The van der Waals surface area contributed by atoms with Gasteiger partial charge in [-0.15, -0.1) is 11.3 Å². The average molecular weight is 468 g/mol. The number of nitrogens with two attached hydrogens (primary N) is 1. The number of rotatable bonds is 2. The van der Waals surface area contributed by atoms with Gasteiger partial charge in [0.15, 0.2) is 5.82 Å². The SMILES string of the molecule is Fc1c(Cl)cc(C2(C(F)(F)F)CC(c3cc4c(s3)C3(C[NH2+]C3)OC4)=NO2)cc1Cl. The number of hydrogen-bond acceptors (Lipinski definition) is 4. The van der Waals surface area contributed by atoms with Gasteiger partial charge in [0.05, 0.1) is 32.8 Å². The molecule has 29 heavy (non-hydrogen) atoms. The lowest BCUT2D eigenvalue weighted by Gasteiger charge is -2.33. The van der Waals surface area contributed by atoms with E-state index in [-0.39, 0.29) is 11.3 Å². The van der Waals surface area contributed by atoms with Crippen molar-refractivity contribution in [3.8, 4) is 0 Å². The molecule has 0 radical (unpaired) electrons. The lowest BCUT2D eigenvalue weighted by atomic mass is 9.87. The summed E-state index contributed by atoms with van der Waals surface area (Å²) in [7, 11) is 0. The second-order valence-electron chi connectivity index (χ2n) is 7.33. The molecule has 4 nitrogen and oxygen atoms in total.